The zero-order chi connectivity index (χ0) is 13.1. The fourth-order valence-corrected chi connectivity index (χ4v) is 2.14. The van der Waals surface area contributed by atoms with Crippen molar-refractivity contribution in [2.24, 2.45) is 5.73 Å². The van der Waals surface area contributed by atoms with Crippen molar-refractivity contribution in [2.45, 2.75) is 26.0 Å². The first-order chi connectivity index (χ1) is 8.71. The molecule has 1 unspecified atom stereocenters. The molecule has 1 aromatic carbocycles. The van der Waals surface area contributed by atoms with Crippen molar-refractivity contribution < 1.29 is 9.13 Å². The number of hydrogen-bond donors (Lipinski definition) is 1. The first-order valence-corrected chi connectivity index (χ1v) is 6.07. The van der Waals surface area contributed by atoms with Crippen LogP contribution in [0.4, 0.5) is 4.39 Å². The van der Waals surface area contributed by atoms with Gasteiger partial charge in [0.1, 0.15) is 11.3 Å². The number of hydrogen-bond acceptors (Lipinski definition) is 3. The van der Waals surface area contributed by atoms with E-state index in [1.807, 2.05) is 17.6 Å². The molecule has 2 aromatic rings. The monoisotopic (exact) mass is 251 g/mol. The predicted molar refractivity (Wildman–Crippen MR) is 68.9 cm³/mol. The lowest BCUT2D eigenvalue weighted by molar-refractivity contribution is 0.107. The molecule has 1 atom stereocenters. The van der Waals surface area contributed by atoms with Gasteiger partial charge >= 0.3 is 0 Å². The van der Waals surface area contributed by atoms with E-state index in [0.717, 1.165) is 17.9 Å². The van der Waals surface area contributed by atoms with Gasteiger partial charge in [0.2, 0.25) is 0 Å². The van der Waals surface area contributed by atoms with Gasteiger partial charge in [-0.1, -0.05) is 6.07 Å². The molecular formula is C13H18FN3O. The second-order valence-electron chi connectivity index (χ2n) is 4.18. The van der Waals surface area contributed by atoms with Crippen LogP contribution in [0.25, 0.3) is 11.0 Å². The lowest BCUT2D eigenvalue weighted by atomic mass is 10.2. The second-order valence-corrected chi connectivity index (χ2v) is 4.18. The Morgan fingerprint density at radius 1 is 1.50 bits per heavy atom. The molecule has 1 heterocycles. The third-order valence-corrected chi connectivity index (χ3v) is 3.13. The topological polar surface area (TPSA) is 53.1 Å². The molecule has 2 rings (SSSR count). The van der Waals surface area contributed by atoms with Crippen molar-refractivity contribution in [3.05, 3.63) is 29.8 Å². The summed E-state index contributed by atoms with van der Waals surface area (Å²) in [5.41, 5.74) is 6.85. The van der Waals surface area contributed by atoms with Crippen LogP contribution in [-0.4, -0.2) is 29.3 Å². The van der Waals surface area contributed by atoms with E-state index in [2.05, 4.69) is 4.98 Å². The first kappa shape index (κ1) is 13.0. The number of halogens is 1. The number of methoxy groups -OCH3 is 1. The quantitative estimate of drug-likeness (QED) is 0.880. The highest BCUT2D eigenvalue weighted by Crippen LogP contribution is 2.20. The Balaban J connectivity index is 2.47. The molecule has 0 aliphatic heterocycles. The highest BCUT2D eigenvalue weighted by molar-refractivity contribution is 5.76. The minimum absolute atomic E-state index is 0.0878. The highest BCUT2D eigenvalue weighted by Gasteiger charge is 2.16. The average molecular weight is 251 g/mol. The number of benzene rings is 1. The summed E-state index contributed by atoms with van der Waals surface area (Å²) in [6.07, 6.45) is 0.504. The van der Waals surface area contributed by atoms with E-state index in [9.17, 15) is 4.39 Å². The van der Waals surface area contributed by atoms with Crippen LogP contribution in [0.15, 0.2) is 18.2 Å². The Morgan fingerprint density at radius 2 is 2.28 bits per heavy atom. The number of imidazole rings is 1. The summed E-state index contributed by atoms with van der Waals surface area (Å²) in [5, 5.41) is 0. The maximum Gasteiger partial charge on any atom is 0.151 e. The normalized spacial score (nSPS) is 13.1. The molecule has 1 aromatic heterocycles. The number of rotatable bonds is 5. The molecule has 0 amide bonds. The maximum absolute atomic E-state index is 13.7. The Labute approximate surface area is 106 Å². The Bertz CT molecular complexity index is 534. The van der Waals surface area contributed by atoms with E-state index >= 15 is 0 Å². The lowest BCUT2D eigenvalue weighted by Gasteiger charge is -2.13. The van der Waals surface area contributed by atoms with E-state index in [-0.39, 0.29) is 11.9 Å². The van der Waals surface area contributed by atoms with Crippen LogP contribution in [0.3, 0.4) is 0 Å². The fourth-order valence-electron chi connectivity index (χ4n) is 2.14. The van der Waals surface area contributed by atoms with E-state index in [1.165, 1.54) is 6.07 Å². The molecular weight excluding hydrogens is 233 g/mol. The van der Waals surface area contributed by atoms with Crippen molar-refractivity contribution in [3.8, 4) is 0 Å². The summed E-state index contributed by atoms with van der Waals surface area (Å²) in [6, 6.07) is 5.00. The molecule has 0 aliphatic rings. The van der Waals surface area contributed by atoms with Crippen molar-refractivity contribution in [2.75, 3.05) is 13.7 Å². The Hall–Kier alpha value is -1.46. The van der Waals surface area contributed by atoms with Crippen molar-refractivity contribution in [1.82, 2.24) is 9.55 Å². The number of aromatic nitrogens is 2. The van der Waals surface area contributed by atoms with Crippen molar-refractivity contribution in [3.63, 3.8) is 0 Å². The van der Waals surface area contributed by atoms with Gasteiger partial charge in [0, 0.05) is 26.6 Å². The molecule has 2 N–H and O–H groups in total. The molecule has 4 nitrogen and oxygen atoms in total. The third-order valence-electron chi connectivity index (χ3n) is 3.13. The van der Waals surface area contributed by atoms with Crippen LogP contribution in [-0.2, 0) is 17.7 Å². The summed E-state index contributed by atoms with van der Waals surface area (Å²) < 4.78 is 20.9. The molecule has 98 valence electrons. The standard InChI is InChI=1S/C13H18FN3O/c1-3-17-11-6-4-5-10(14)13(11)16-12(17)7-9(8-15)18-2/h4-6,9H,3,7-8,15H2,1-2H3. The number of ether oxygens (including phenoxy) is 1. The summed E-state index contributed by atoms with van der Waals surface area (Å²) in [7, 11) is 1.62. The summed E-state index contributed by atoms with van der Waals surface area (Å²) in [4.78, 5) is 4.37. The molecule has 18 heavy (non-hydrogen) atoms. The van der Waals surface area contributed by atoms with Gasteiger partial charge in [-0.05, 0) is 19.1 Å². The van der Waals surface area contributed by atoms with E-state index in [1.54, 1.807) is 13.2 Å². The van der Waals surface area contributed by atoms with E-state index < -0.39 is 0 Å². The minimum Gasteiger partial charge on any atom is -0.380 e. The average Bonchev–Trinajstić information content (AvgIpc) is 2.74. The Morgan fingerprint density at radius 3 is 2.89 bits per heavy atom. The van der Waals surface area contributed by atoms with Crippen molar-refractivity contribution >= 4 is 11.0 Å². The maximum atomic E-state index is 13.7. The first-order valence-electron chi connectivity index (χ1n) is 6.07. The molecule has 0 saturated carbocycles. The zero-order valence-corrected chi connectivity index (χ0v) is 10.7. The van der Waals surface area contributed by atoms with Gasteiger partial charge in [0.15, 0.2) is 5.82 Å². The van der Waals surface area contributed by atoms with Gasteiger partial charge in [-0.2, -0.15) is 0 Å². The Kier molecular flexibility index (Phi) is 3.93. The van der Waals surface area contributed by atoms with Crippen LogP contribution >= 0.6 is 0 Å². The van der Waals surface area contributed by atoms with Gasteiger partial charge in [0.05, 0.1) is 11.6 Å². The predicted octanol–water partition coefficient (Wildman–Crippen LogP) is 1.71. The number of fused-ring (bicyclic) bond motifs is 1. The summed E-state index contributed by atoms with van der Waals surface area (Å²) in [5.74, 6) is 0.526. The largest absolute Gasteiger partial charge is 0.380 e. The zero-order valence-electron chi connectivity index (χ0n) is 10.7. The molecule has 0 bridgehead atoms. The molecule has 5 heteroatoms. The van der Waals surface area contributed by atoms with Crippen molar-refractivity contribution in [1.29, 1.82) is 0 Å². The SMILES string of the molecule is CCn1c(CC(CN)OC)nc2c(F)cccc21. The van der Waals surface area contributed by atoms with Gasteiger partial charge in [-0.15, -0.1) is 0 Å². The lowest BCUT2D eigenvalue weighted by Crippen LogP contribution is -2.26. The van der Waals surface area contributed by atoms with E-state index in [4.69, 9.17) is 10.5 Å². The smallest absolute Gasteiger partial charge is 0.151 e. The summed E-state index contributed by atoms with van der Waals surface area (Å²) in [6.45, 7) is 3.18. The van der Waals surface area contributed by atoms with Gasteiger partial charge in [0.25, 0.3) is 0 Å². The minimum atomic E-state index is -0.289. The fraction of sp³-hybridized carbons (Fsp3) is 0.462. The molecule has 0 fully saturated rings. The van der Waals surface area contributed by atoms with Crippen LogP contribution in [0, 0.1) is 5.82 Å². The van der Waals surface area contributed by atoms with Gasteiger partial charge < -0.3 is 15.0 Å². The van der Waals surface area contributed by atoms with E-state index in [0.29, 0.717) is 18.5 Å². The number of para-hydroxylation sites is 1. The summed E-state index contributed by atoms with van der Waals surface area (Å²) >= 11 is 0. The van der Waals surface area contributed by atoms with Gasteiger partial charge in [-0.25, -0.2) is 9.37 Å². The number of nitrogens with zero attached hydrogens (tertiary/aromatic N) is 2. The van der Waals surface area contributed by atoms with Crippen LogP contribution < -0.4 is 5.73 Å². The van der Waals surface area contributed by atoms with Crippen LogP contribution in [0.1, 0.15) is 12.7 Å². The third kappa shape index (κ3) is 2.23. The second kappa shape index (κ2) is 5.46. The molecule has 0 radical (unpaired) electrons. The molecule has 0 aliphatic carbocycles. The highest BCUT2D eigenvalue weighted by atomic mass is 19.1. The van der Waals surface area contributed by atoms with Crippen LogP contribution in [0.2, 0.25) is 0 Å². The van der Waals surface area contributed by atoms with Gasteiger partial charge in [-0.3, -0.25) is 0 Å². The number of nitrogens with two attached hydrogens (primary N) is 1. The number of aryl methyl sites for hydroxylation is 1. The van der Waals surface area contributed by atoms with Crippen LogP contribution in [0.5, 0.6) is 0 Å². The molecule has 0 spiro atoms. The molecule has 0 saturated heterocycles.